The number of aromatic nitrogens is 2. The minimum absolute atomic E-state index is 0.679. The van der Waals surface area contributed by atoms with Crippen molar-refractivity contribution in [3.63, 3.8) is 0 Å². The average Bonchev–Trinajstić information content (AvgIpc) is 2.76. The van der Waals surface area contributed by atoms with Gasteiger partial charge in [0.15, 0.2) is 5.54 Å². The van der Waals surface area contributed by atoms with Crippen molar-refractivity contribution in [1.29, 1.82) is 0 Å². The third kappa shape index (κ3) is 1.71. The van der Waals surface area contributed by atoms with Crippen molar-refractivity contribution in [3.05, 3.63) is 54.1 Å². The summed E-state index contributed by atoms with van der Waals surface area (Å²) in [6.45, 7) is 3.48. The van der Waals surface area contributed by atoms with Crippen LogP contribution in [0.15, 0.2) is 42.7 Å². The Labute approximate surface area is 99.5 Å². The fourth-order valence-corrected chi connectivity index (χ4v) is 1.98. The first-order valence-corrected chi connectivity index (χ1v) is 5.36. The quantitative estimate of drug-likeness (QED) is 0.877. The molecule has 2 aromatic rings. The van der Waals surface area contributed by atoms with Gasteiger partial charge in [0.2, 0.25) is 0 Å². The van der Waals surface area contributed by atoms with Gasteiger partial charge in [0, 0.05) is 12.4 Å². The van der Waals surface area contributed by atoms with Crippen molar-refractivity contribution in [1.82, 2.24) is 9.55 Å². The molecule has 0 saturated carbocycles. The van der Waals surface area contributed by atoms with E-state index < -0.39 is 11.5 Å². The number of benzene rings is 1. The van der Waals surface area contributed by atoms with Crippen LogP contribution in [0.2, 0.25) is 0 Å². The molecule has 1 heterocycles. The van der Waals surface area contributed by atoms with Gasteiger partial charge in [-0.15, -0.1) is 0 Å². The van der Waals surface area contributed by atoms with Crippen LogP contribution in [-0.2, 0) is 10.3 Å². The van der Waals surface area contributed by atoms with Gasteiger partial charge in [-0.25, -0.2) is 9.78 Å². The van der Waals surface area contributed by atoms with Gasteiger partial charge in [0.1, 0.15) is 5.82 Å². The second kappa shape index (κ2) is 4.05. The van der Waals surface area contributed by atoms with E-state index in [1.807, 2.05) is 30.3 Å². The summed E-state index contributed by atoms with van der Waals surface area (Å²) in [7, 11) is 0. The highest BCUT2D eigenvalue weighted by atomic mass is 16.4. The number of hydrogen-bond donors (Lipinski definition) is 1. The van der Waals surface area contributed by atoms with Crippen molar-refractivity contribution >= 4 is 5.97 Å². The third-order valence-corrected chi connectivity index (χ3v) is 3.06. The SMILES string of the molecule is Cc1nccn1C(C)(C(=O)O)c1ccccc1. The molecule has 1 aromatic heterocycles. The van der Waals surface area contributed by atoms with Crippen molar-refractivity contribution < 1.29 is 9.90 Å². The Hall–Kier alpha value is -2.10. The molecule has 1 atom stereocenters. The molecule has 0 amide bonds. The zero-order valence-electron chi connectivity index (χ0n) is 9.79. The van der Waals surface area contributed by atoms with Crippen molar-refractivity contribution in [3.8, 4) is 0 Å². The predicted octanol–water partition coefficient (Wildman–Crippen LogP) is 2.04. The van der Waals surface area contributed by atoms with E-state index in [0.717, 1.165) is 5.56 Å². The van der Waals surface area contributed by atoms with Gasteiger partial charge in [0.05, 0.1) is 0 Å². The standard InChI is InChI=1S/C13H14N2O2/c1-10-14-8-9-15(10)13(2,12(16)17)11-6-4-3-5-7-11/h3-9H,1-2H3,(H,16,17). The molecule has 0 radical (unpaired) electrons. The van der Waals surface area contributed by atoms with Crippen LogP contribution in [0.25, 0.3) is 0 Å². The van der Waals surface area contributed by atoms with Crippen molar-refractivity contribution in [2.24, 2.45) is 0 Å². The number of hydrogen-bond acceptors (Lipinski definition) is 2. The molecule has 2 rings (SSSR count). The van der Waals surface area contributed by atoms with E-state index in [9.17, 15) is 9.90 Å². The molecule has 17 heavy (non-hydrogen) atoms. The lowest BCUT2D eigenvalue weighted by atomic mass is 9.91. The molecule has 0 aliphatic rings. The van der Waals surface area contributed by atoms with Crippen LogP contribution in [0.5, 0.6) is 0 Å². The number of carboxylic acids is 1. The summed E-state index contributed by atoms with van der Waals surface area (Å²) in [5.74, 6) is -0.219. The summed E-state index contributed by atoms with van der Waals surface area (Å²) in [6, 6.07) is 9.17. The number of aliphatic carboxylic acids is 1. The molecule has 88 valence electrons. The van der Waals surface area contributed by atoms with E-state index in [2.05, 4.69) is 4.98 Å². The Balaban J connectivity index is 2.63. The van der Waals surface area contributed by atoms with Crippen LogP contribution in [-0.4, -0.2) is 20.6 Å². The van der Waals surface area contributed by atoms with Crippen LogP contribution in [0, 0.1) is 6.92 Å². The Morgan fingerprint density at radius 3 is 2.47 bits per heavy atom. The largest absolute Gasteiger partial charge is 0.479 e. The molecule has 4 heteroatoms. The topological polar surface area (TPSA) is 55.1 Å². The van der Waals surface area contributed by atoms with E-state index in [1.54, 1.807) is 30.8 Å². The second-order valence-electron chi connectivity index (χ2n) is 4.09. The summed E-state index contributed by atoms with van der Waals surface area (Å²) in [5, 5.41) is 9.53. The molecule has 0 fully saturated rings. The zero-order chi connectivity index (χ0) is 12.5. The summed E-state index contributed by atoms with van der Waals surface area (Å²) < 4.78 is 1.67. The lowest BCUT2D eigenvalue weighted by molar-refractivity contribution is -0.144. The summed E-state index contributed by atoms with van der Waals surface area (Å²) >= 11 is 0. The maximum atomic E-state index is 11.6. The van der Waals surface area contributed by atoms with Gasteiger partial charge < -0.3 is 9.67 Å². The van der Waals surface area contributed by atoms with Crippen LogP contribution < -0.4 is 0 Å². The fraction of sp³-hybridized carbons (Fsp3) is 0.231. The number of aryl methyl sites for hydroxylation is 1. The maximum Gasteiger partial charge on any atom is 0.334 e. The molecule has 0 aliphatic heterocycles. The smallest absolute Gasteiger partial charge is 0.334 e. The molecule has 1 N–H and O–H groups in total. The van der Waals surface area contributed by atoms with Gasteiger partial charge in [-0.1, -0.05) is 30.3 Å². The Morgan fingerprint density at radius 1 is 1.35 bits per heavy atom. The van der Waals surface area contributed by atoms with E-state index in [-0.39, 0.29) is 0 Å². The first-order valence-electron chi connectivity index (χ1n) is 5.36. The van der Waals surface area contributed by atoms with Gasteiger partial charge in [0.25, 0.3) is 0 Å². The zero-order valence-corrected chi connectivity index (χ0v) is 9.79. The highest BCUT2D eigenvalue weighted by Crippen LogP contribution is 2.27. The highest BCUT2D eigenvalue weighted by Gasteiger charge is 2.37. The number of imidazole rings is 1. The molecule has 1 unspecified atom stereocenters. The monoisotopic (exact) mass is 230 g/mol. The average molecular weight is 230 g/mol. The van der Waals surface area contributed by atoms with Gasteiger partial charge >= 0.3 is 5.97 Å². The lowest BCUT2D eigenvalue weighted by Crippen LogP contribution is -2.40. The molecule has 0 saturated heterocycles. The predicted molar refractivity (Wildman–Crippen MR) is 63.8 cm³/mol. The normalized spacial score (nSPS) is 14.2. The first-order chi connectivity index (χ1) is 8.06. The first kappa shape index (κ1) is 11.4. The number of carbonyl (C=O) groups is 1. The summed E-state index contributed by atoms with van der Waals surface area (Å²) in [4.78, 5) is 15.7. The number of nitrogens with zero attached hydrogens (tertiary/aromatic N) is 2. The van der Waals surface area contributed by atoms with Crippen LogP contribution >= 0.6 is 0 Å². The fourth-order valence-electron chi connectivity index (χ4n) is 1.98. The molecule has 4 nitrogen and oxygen atoms in total. The Morgan fingerprint density at radius 2 is 2.00 bits per heavy atom. The molecule has 0 spiro atoms. The van der Waals surface area contributed by atoms with Gasteiger partial charge in [-0.3, -0.25) is 0 Å². The summed E-state index contributed by atoms with van der Waals surface area (Å²) in [5.41, 5.74) is -0.393. The molecular weight excluding hydrogens is 216 g/mol. The lowest BCUT2D eigenvalue weighted by Gasteiger charge is -2.28. The van der Waals surface area contributed by atoms with Crippen LogP contribution in [0.1, 0.15) is 18.3 Å². The minimum atomic E-state index is -1.12. The van der Waals surface area contributed by atoms with Crippen molar-refractivity contribution in [2.75, 3.05) is 0 Å². The molecule has 1 aromatic carbocycles. The van der Waals surface area contributed by atoms with E-state index >= 15 is 0 Å². The summed E-state index contributed by atoms with van der Waals surface area (Å²) in [6.07, 6.45) is 3.30. The minimum Gasteiger partial charge on any atom is -0.479 e. The Kier molecular flexibility index (Phi) is 2.71. The maximum absolute atomic E-state index is 11.6. The van der Waals surface area contributed by atoms with E-state index in [0.29, 0.717) is 5.82 Å². The second-order valence-corrected chi connectivity index (χ2v) is 4.09. The van der Waals surface area contributed by atoms with E-state index in [1.165, 1.54) is 0 Å². The Bertz CT molecular complexity index is 533. The number of carboxylic acid groups (broad SMARTS) is 1. The van der Waals surface area contributed by atoms with Crippen LogP contribution in [0.4, 0.5) is 0 Å². The van der Waals surface area contributed by atoms with E-state index in [4.69, 9.17) is 0 Å². The van der Waals surface area contributed by atoms with Crippen molar-refractivity contribution in [2.45, 2.75) is 19.4 Å². The van der Waals surface area contributed by atoms with Gasteiger partial charge in [-0.2, -0.15) is 0 Å². The molecular formula is C13H14N2O2. The molecule has 0 bridgehead atoms. The highest BCUT2D eigenvalue weighted by molar-refractivity contribution is 5.80. The van der Waals surface area contributed by atoms with Crippen LogP contribution in [0.3, 0.4) is 0 Å². The van der Waals surface area contributed by atoms with Gasteiger partial charge in [-0.05, 0) is 19.4 Å². The third-order valence-electron chi connectivity index (χ3n) is 3.06. The molecule has 0 aliphatic carbocycles. The number of rotatable bonds is 3.